The van der Waals surface area contributed by atoms with E-state index < -0.39 is 0 Å². The largest absolute Gasteiger partial charge is 0.366 e. The molecule has 0 aromatic carbocycles. The zero-order chi connectivity index (χ0) is 11.4. The molecular formula is C12H23ClN2O2. The van der Waals surface area contributed by atoms with Gasteiger partial charge in [0.25, 0.3) is 5.91 Å². The Balaban J connectivity index is 0.00000144. The Hall–Kier alpha value is -0.320. The zero-order valence-electron chi connectivity index (χ0n) is 10.5. The molecule has 5 heteroatoms. The van der Waals surface area contributed by atoms with Crippen molar-refractivity contribution in [3.05, 3.63) is 0 Å². The molecule has 0 aromatic heterocycles. The van der Waals surface area contributed by atoms with Crippen molar-refractivity contribution in [3.8, 4) is 0 Å². The zero-order valence-corrected chi connectivity index (χ0v) is 11.3. The van der Waals surface area contributed by atoms with Gasteiger partial charge in [0.05, 0.1) is 6.61 Å². The number of likely N-dealkylation sites (tertiary alicyclic amines) is 1. The SMILES string of the molecule is CCC1CCN(C(=O)C2CNCCO2)CC1.Cl. The second-order valence-electron chi connectivity index (χ2n) is 4.74. The van der Waals surface area contributed by atoms with Crippen LogP contribution in [0.15, 0.2) is 0 Å². The molecule has 2 aliphatic heterocycles. The molecule has 1 atom stereocenters. The average molecular weight is 263 g/mol. The van der Waals surface area contributed by atoms with Crippen molar-refractivity contribution >= 4 is 18.3 Å². The van der Waals surface area contributed by atoms with Gasteiger partial charge in [-0.1, -0.05) is 13.3 Å². The molecule has 17 heavy (non-hydrogen) atoms. The van der Waals surface area contributed by atoms with Gasteiger partial charge in [-0.15, -0.1) is 12.4 Å². The average Bonchev–Trinajstić information content (AvgIpc) is 2.39. The Morgan fingerprint density at radius 2 is 2.12 bits per heavy atom. The van der Waals surface area contributed by atoms with E-state index in [1.807, 2.05) is 4.90 Å². The number of morpholine rings is 1. The molecule has 0 spiro atoms. The third kappa shape index (κ3) is 3.83. The normalized spacial score (nSPS) is 26.4. The fraction of sp³-hybridized carbons (Fsp3) is 0.917. The summed E-state index contributed by atoms with van der Waals surface area (Å²) in [5, 5.41) is 3.20. The molecule has 2 aliphatic rings. The highest BCUT2D eigenvalue weighted by atomic mass is 35.5. The van der Waals surface area contributed by atoms with Gasteiger partial charge in [0, 0.05) is 26.2 Å². The maximum absolute atomic E-state index is 12.1. The van der Waals surface area contributed by atoms with E-state index in [1.165, 1.54) is 6.42 Å². The number of carbonyl (C=O) groups excluding carboxylic acids is 1. The molecule has 0 radical (unpaired) electrons. The molecule has 0 saturated carbocycles. The van der Waals surface area contributed by atoms with Crippen LogP contribution in [0.25, 0.3) is 0 Å². The minimum absolute atomic E-state index is 0. The van der Waals surface area contributed by atoms with Crippen molar-refractivity contribution in [1.29, 1.82) is 0 Å². The molecule has 0 bridgehead atoms. The minimum atomic E-state index is -0.244. The fourth-order valence-electron chi connectivity index (χ4n) is 2.49. The van der Waals surface area contributed by atoms with E-state index in [2.05, 4.69) is 12.2 Å². The van der Waals surface area contributed by atoms with Gasteiger partial charge in [-0.25, -0.2) is 0 Å². The predicted octanol–water partition coefficient (Wildman–Crippen LogP) is 1.05. The van der Waals surface area contributed by atoms with Crippen LogP contribution in [-0.2, 0) is 9.53 Å². The van der Waals surface area contributed by atoms with Crippen LogP contribution in [0.3, 0.4) is 0 Å². The van der Waals surface area contributed by atoms with Crippen LogP contribution in [0, 0.1) is 5.92 Å². The van der Waals surface area contributed by atoms with E-state index in [0.29, 0.717) is 13.2 Å². The highest BCUT2D eigenvalue weighted by Gasteiger charge is 2.29. The summed E-state index contributed by atoms with van der Waals surface area (Å²) in [6.45, 7) is 6.25. The lowest BCUT2D eigenvalue weighted by molar-refractivity contribution is -0.146. The van der Waals surface area contributed by atoms with Crippen LogP contribution in [-0.4, -0.2) is 49.7 Å². The highest BCUT2D eigenvalue weighted by molar-refractivity contribution is 5.85. The molecule has 2 saturated heterocycles. The molecule has 0 aromatic rings. The summed E-state index contributed by atoms with van der Waals surface area (Å²) in [5.74, 6) is 0.996. The van der Waals surface area contributed by atoms with Gasteiger partial charge in [0.1, 0.15) is 6.10 Å². The molecule has 1 unspecified atom stereocenters. The lowest BCUT2D eigenvalue weighted by Crippen LogP contribution is -2.51. The van der Waals surface area contributed by atoms with E-state index in [1.54, 1.807) is 0 Å². The van der Waals surface area contributed by atoms with Crippen molar-refractivity contribution in [2.24, 2.45) is 5.92 Å². The molecule has 1 amide bonds. The summed E-state index contributed by atoms with van der Waals surface area (Å²) >= 11 is 0. The first kappa shape index (κ1) is 14.7. The van der Waals surface area contributed by atoms with E-state index in [4.69, 9.17) is 4.74 Å². The van der Waals surface area contributed by atoms with E-state index >= 15 is 0 Å². The number of rotatable bonds is 2. The van der Waals surface area contributed by atoms with Crippen LogP contribution in [0.2, 0.25) is 0 Å². The Morgan fingerprint density at radius 3 is 2.65 bits per heavy atom. The molecule has 2 heterocycles. The maximum Gasteiger partial charge on any atom is 0.253 e. The van der Waals surface area contributed by atoms with Gasteiger partial charge in [0.2, 0.25) is 0 Å². The summed E-state index contributed by atoms with van der Waals surface area (Å²) in [7, 11) is 0. The van der Waals surface area contributed by atoms with Gasteiger partial charge >= 0.3 is 0 Å². The molecule has 1 N–H and O–H groups in total. The van der Waals surface area contributed by atoms with Gasteiger partial charge in [-0.05, 0) is 18.8 Å². The first-order chi connectivity index (χ1) is 7.81. The van der Waals surface area contributed by atoms with Crippen molar-refractivity contribution in [2.75, 3.05) is 32.8 Å². The number of nitrogens with zero attached hydrogens (tertiary/aromatic N) is 1. The standard InChI is InChI=1S/C12H22N2O2.ClH/c1-2-10-3-6-14(7-4-10)12(15)11-9-13-5-8-16-11;/h10-11,13H,2-9H2,1H3;1H. The smallest absolute Gasteiger partial charge is 0.253 e. The van der Waals surface area contributed by atoms with E-state index in [-0.39, 0.29) is 24.4 Å². The lowest BCUT2D eigenvalue weighted by atomic mass is 9.94. The number of nitrogens with one attached hydrogen (secondary N) is 1. The molecule has 2 rings (SSSR count). The number of ether oxygens (including phenoxy) is 1. The third-order valence-corrected chi connectivity index (χ3v) is 3.71. The first-order valence-corrected chi connectivity index (χ1v) is 6.42. The monoisotopic (exact) mass is 262 g/mol. The fourth-order valence-corrected chi connectivity index (χ4v) is 2.49. The summed E-state index contributed by atoms with van der Waals surface area (Å²) in [6, 6.07) is 0. The van der Waals surface area contributed by atoms with Crippen molar-refractivity contribution in [1.82, 2.24) is 10.2 Å². The van der Waals surface area contributed by atoms with E-state index in [0.717, 1.165) is 38.4 Å². The maximum atomic E-state index is 12.1. The number of hydrogen-bond donors (Lipinski definition) is 1. The second kappa shape index (κ2) is 7.19. The minimum Gasteiger partial charge on any atom is -0.366 e. The second-order valence-corrected chi connectivity index (χ2v) is 4.74. The quantitative estimate of drug-likeness (QED) is 0.809. The Bertz CT molecular complexity index is 237. The highest BCUT2D eigenvalue weighted by Crippen LogP contribution is 2.20. The molecule has 4 nitrogen and oxygen atoms in total. The first-order valence-electron chi connectivity index (χ1n) is 6.42. The summed E-state index contributed by atoms with van der Waals surface area (Å²) < 4.78 is 5.49. The molecule has 0 aliphatic carbocycles. The van der Waals surface area contributed by atoms with Crippen molar-refractivity contribution in [2.45, 2.75) is 32.3 Å². The Morgan fingerprint density at radius 1 is 1.41 bits per heavy atom. The topological polar surface area (TPSA) is 41.6 Å². The Labute approximate surface area is 109 Å². The van der Waals surface area contributed by atoms with E-state index in [9.17, 15) is 4.79 Å². The Kier molecular flexibility index (Phi) is 6.23. The molecular weight excluding hydrogens is 240 g/mol. The number of amides is 1. The van der Waals surface area contributed by atoms with Crippen LogP contribution in [0.4, 0.5) is 0 Å². The summed E-state index contributed by atoms with van der Waals surface area (Å²) in [6.07, 6.45) is 3.31. The van der Waals surface area contributed by atoms with Gasteiger partial charge in [-0.2, -0.15) is 0 Å². The van der Waals surface area contributed by atoms with Gasteiger partial charge in [0.15, 0.2) is 0 Å². The van der Waals surface area contributed by atoms with Crippen molar-refractivity contribution in [3.63, 3.8) is 0 Å². The van der Waals surface area contributed by atoms with Crippen LogP contribution in [0.1, 0.15) is 26.2 Å². The predicted molar refractivity (Wildman–Crippen MR) is 69.5 cm³/mol. The number of piperidine rings is 1. The van der Waals surface area contributed by atoms with Crippen LogP contribution in [0.5, 0.6) is 0 Å². The summed E-state index contributed by atoms with van der Waals surface area (Å²) in [5.41, 5.74) is 0. The molecule has 100 valence electrons. The van der Waals surface area contributed by atoms with Crippen LogP contribution >= 0.6 is 12.4 Å². The number of hydrogen-bond acceptors (Lipinski definition) is 3. The van der Waals surface area contributed by atoms with Gasteiger partial charge < -0.3 is 15.0 Å². The number of carbonyl (C=O) groups is 1. The van der Waals surface area contributed by atoms with Gasteiger partial charge in [-0.3, -0.25) is 4.79 Å². The third-order valence-electron chi connectivity index (χ3n) is 3.71. The van der Waals surface area contributed by atoms with Crippen molar-refractivity contribution < 1.29 is 9.53 Å². The lowest BCUT2D eigenvalue weighted by Gasteiger charge is -2.34. The number of halogens is 1. The molecule has 2 fully saturated rings. The van der Waals surface area contributed by atoms with Crippen LogP contribution < -0.4 is 5.32 Å². The summed E-state index contributed by atoms with van der Waals surface area (Å²) in [4.78, 5) is 14.1.